The zero-order valence-corrected chi connectivity index (χ0v) is 21.6. The van der Waals surface area contributed by atoms with Gasteiger partial charge in [0, 0.05) is 12.5 Å². The van der Waals surface area contributed by atoms with E-state index in [0.717, 1.165) is 36.0 Å². The average Bonchev–Trinajstić information content (AvgIpc) is 3.43. The highest BCUT2D eigenvalue weighted by Crippen LogP contribution is 2.43. The minimum absolute atomic E-state index is 0.00687. The van der Waals surface area contributed by atoms with Crippen molar-refractivity contribution in [3.63, 3.8) is 0 Å². The number of benzene rings is 2. The predicted molar refractivity (Wildman–Crippen MR) is 136 cm³/mol. The summed E-state index contributed by atoms with van der Waals surface area (Å²) in [5.41, 5.74) is 3.34. The van der Waals surface area contributed by atoms with Gasteiger partial charge < -0.3 is 10.1 Å². The maximum atomic E-state index is 14.0. The molecule has 1 saturated heterocycles. The van der Waals surface area contributed by atoms with Crippen LogP contribution < -0.4 is 5.32 Å². The lowest BCUT2D eigenvalue weighted by Crippen LogP contribution is -2.55. The van der Waals surface area contributed by atoms with Crippen LogP contribution in [0.25, 0.3) is 11.1 Å². The summed E-state index contributed by atoms with van der Waals surface area (Å²) in [6.07, 6.45) is 2.43. The third-order valence-electron chi connectivity index (χ3n) is 7.09. The molecule has 1 heterocycles. The van der Waals surface area contributed by atoms with Gasteiger partial charge in [-0.25, -0.2) is 9.18 Å². The molecule has 2 bridgehead atoms. The van der Waals surface area contributed by atoms with Crippen LogP contribution in [-0.2, 0) is 16.0 Å². The molecule has 0 radical (unpaired) electrons. The van der Waals surface area contributed by atoms with E-state index in [0.29, 0.717) is 17.5 Å². The highest BCUT2D eigenvalue weighted by atomic mass is 19.1. The molecule has 1 aliphatic heterocycles. The van der Waals surface area contributed by atoms with E-state index in [-0.39, 0.29) is 23.7 Å². The molecule has 1 saturated carbocycles. The first kappa shape index (κ1) is 25.7. The summed E-state index contributed by atoms with van der Waals surface area (Å²) in [5.74, 6) is -0.402. The number of nitriles is 1. The first-order chi connectivity index (χ1) is 17.0. The summed E-state index contributed by atoms with van der Waals surface area (Å²) in [4.78, 5) is 27.7. The molecule has 0 unspecified atom stereocenters. The number of carbonyl (C=O) groups excluding carboxylic acids is 2. The molecule has 2 fully saturated rings. The van der Waals surface area contributed by atoms with Crippen LogP contribution in [0.15, 0.2) is 36.4 Å². The van der Waals surface area contributed by atoms with Gasteiger partial charge in [0.25, 0.3) is 0 Å². The van der Waals surface area contributed by atoms with Crippen LogP contribution in [0.5, 0.6) is 0 Å². The molecule has 6 nitrogen and oxygen atoms in total. The SMILES string of the molecule is Cc1cc(-c2ccc(C[C@@H](C#N)NC(=O)[C@@H]3[C@H]4CC[C@H](C4)N3C(=O)OC(C)(C)C)cc2)cc(C)c1F. The Morgan fingerprint density at radius 1 is 1.14 bits per heavy atom. The number of nitrogens with one attached hydrogen (secondary N) is 1. The Balaban J connectivity index is 1.43. The van der Waals surface area contributed by atoms with E-state index in [2.05, 4.69) is 11.4 Å². The quantitative estimate of drug-likeness (QED) is 0.603. The monoisotopic (exact) mass is 491 g/mol. The van der Waals surface area contributed by atoms with Crippen LogP contribution in [0.1, 0.15) is 56.7 Å². The Kier molecular flexibility index (Phi) is 7.08. The first-order valence-corrected chi connectivity index (χ1v) is 12.5. The van der Waals surface area contributed by atoms with Crippen molar-refractivity contribution in [2.45, 2.75) is 84.0 Å². The summed E-state index contributed by atoms with van der Waals surface area (Å²) in [7, 11) is 0. The van der Waals surface area contributed by atoms with Gasteiger partial charge in [-0.2, -0.15) is 5.26 Å². The fourth-order valence-corrected chi connectivity index (χ4v) is 5.47. The molecule has 2 aliphatic rings. The number of likely N-dealkylation sites (tertiary alicyclic amines) is 1. The number of rotatable bonds is 5. The van der Waals surface area contributed by atoms with E-state index in [9.17, 15) is 19.2 Å². The van der Waals surface area contributed by atoms with Gasteiger partial charge in [-0.15, -0.1) is 0 Å². The van der Waals surface area contributed by atoms with Crippen molar-refractivity contribution in [3.8, 4) is 17.2 Å². The van der Waals surface area contributed by atoms with Gasteiger partial charge in [0.15, 0.2) is 0 Å². The third kappa shape index (κ3) is 5.38. The number of piperidine rings is 1. The Morgan fingerprint density at radius 2 is 1.78 bits per heavy atom. The zero-order valence-electron chi connectivity index (χ0n) is 21.6. The largest absolute Gasteiger partial charge is 0.444 e. The molecular formula is C29H34FN3O3. The fraction of sp³-hybridized carbons (Fsp3) is 0.483. The average molecular weight is 492 g/mol. The fourth-order valence-electron chi connectivity index (χ4n) is 5.47. The Hall–Kier alpha value is -3.40. The van der Waals surface area contributed by atoms with Gasteiger partial charge in [-0.1, -0.05) is 24.3 Å². The van der Waals surface area contributed by atoms with Crippen molar-refractivity contribution in [2.24, 2.45) is 5.92 Å². The van der Waals surface area contributed by atoms with Gasteiger partial charge in [-0.05, 0) is 99.7 Å². The molecule has 2 aromatic rings. The van der Waals surface area contributed by atoms with Gasteiger partial charge in [0.2, 0.25) is 5.91 Å². The minimum atomic E-state index is -0.724. The molecule has 2 amide bonds. The van der Waals surface area contributed by atoms with Crippen molar-refractivity contribution < 1.29 is 18.7 Å². The van der Waals surface area contributed by atoms with Crippen LogP contribution in [0.2, 0.25) is 0 Å². The molecule has 190 valence electrons. The number of hydrogen-bond donors (Lipinski definition) is 1. The molecule has 0 spiro atoms. The van der Waals surface area contributed by atoms with Gasteiger partial charge in [-0.3, -0.25) is 9.69 Å². The first-order valence-electron chi connectivity index (χ1n) is 12.5. The summed E-state index contributed by atoms with van der Waals surface area (Å²) in [5, 5.41) is 12.6. The summed E-state index contributed by atoms with van der Waals surface area (Å²) in [6.45, 7) is 8.93. The Morgan fingerprint density at radius 3 is 2.36 bits per heavy atom. The highest BCUT2D eigenvalue weighted by Gasteiger charge is 2.52. The van der Waals surface area contributed by atoms with E-state index >= 15 is 0 Å². The summed E-state index contributed by atoms with van der Waals surface area (Å²) < 4.78 is 19.6. The van der Waals surface area contributed by atoms with Crippen LogP contribution >= 0.6 is 0 Å². The van der Waals surface area contributed by atoms with Gasteiger partial charge in [0.05, 0.1) is 6.07 Å². The second-order valence-electron chi connectivity index (χ2n) is 11.1. The van der Waals surface area contributed by atoms with Crippen molar-refractivity contribution in [2.75, 3.05) is 0 Å². The van der Waals surface area contributed by atoms with Crippen molar-refractivity contribution in [1.82, 2.24) is 10.2 Å². The number of aryl methyl sites for hydroxylation is 2. The number of hydrogen-bond acceptors (Lipinski definition) is 4. The number of halogens is 1. The number of nitrogens with zero attached hydrogens (tertiary/aromatic N) is 2. The molecule has 36 heavy (non-hydrogen) atoms. The molecule has 4 rings (SSSR count). The van der Waals surface area contributed by atoms with Gasteiger partial charge >= 0.3 is 6.09 Å². The number of amides is 2. The lowest BCUT2D eigenvalue weighted by molar-refractivity contribution is -0.128. The second kappa shape index (κ2) is 9.93. The molecule has 1 aliphatic carbocycles. The molecule has 2 aromatic carbocycles. The molecular weight excluding hydrogens is 457 g/mol. The van der Waals surface area contributed by atoms with E-state index in [1.54, 1.807) is 18.7 Å². The maximum absolute atomic E-state index is 14.0. The zero-order chi connectivity index (χ0) is 26.2. The highest BCUT2D eigenvalue weighted by molar-refractivity contribution is 5.87. The van der Waals surface area contributed by atoms with E-state index in [1.165, 1.54) is 0 Å². The maximum Gasteiger partial charge on any atom is 0.411 e. The molecule has 0 aromatic heterocycles. The third-order valence-corrected chi connectivity index (χ3v) is 7.09. The van der Waals surface area contributed by atoms with E-state index in [1.807, 2.05) is 57.2 Å². The topological polar surface area (TPSA) is 82.4 Å². The van der Waals surface area contributed by atoms with E-state index < -0.39 is 23.8 Å². The minimum Gasteiger partial charge on any atom is -0.444 e. The lowest BCUT2D eigenvalue weighted by Gasteiger charge is -2.35. The standard InChI is InChI=1S/C29H34FN3O3/c1-17-12-22(13-18(2)25(17)30)20-8-6-19(7-9-20)14-23(16-31)32-27(34)26-21-10-11-24(15-21)33(26)28(35)36-29(3,4)5/h6-9,12-13,21,23-24,26H,10-11,14-15H2,1-5H3,(H,32,34)/t21-,23-,24+,26-/m0/s1. The normalized spacial score (nSPS) is 21.7. The van der Waals surface area contributed by atoms with E-state index in [4.69, 9.17) is 4.74 Å². The van der Waals surface area contributed by atoms with Crippen LogP contribution in [0.4, 0.5) is 9.18 Å². The van der Waals surface area contributed by atoms with Crippen LogP contribution in [0, 0.1) is 36.9 Å². The number of fused-ring (bicyclic) bond motifs is 2. The Bertz CT molecular complexity index is 1170. The smallest absolute Gasteiger partial charge is 0.411 e. The lowest BCUT2D eigenvalue weighted by atomic mass is 9.96. The van der Waals surface area contributed by atoms with Crippen molar-refractivity contribution in [3.05, 3.63) is 58.9 Å². The second-order valence-corrected chi connectivity index (χ2v) is 11.1. The molecule has 7 heteroatoms. The van der Waals surface area contributed by atoms with Crippen molar-refractivity contribution >= 4 is 12.0 Å². The summed E-state index contributed by atoms with van der Waals surface area (Å²) >= 11 is 0. The predicted octanol–water partition coefficient (Wildman–Crippen LogP) is 5.45. The Labute approximate surface area is 212 Å². The van der Waals surface area contributed by atoms with Crippen LogP contribution in [0.3, 0.4) is 0 Å². The summed E-state index contributed by atoms with van der Waals surface area (Å²) in [6, 6.07) is 12.2. The van der Waals surface area contributed by atoms with Crippen molar-refractivity contribution in [1.29, 1.82) is 5.26 Å². The van der Waals surface area contributed by atoms with Crippen LogP contribution in [-0.4, -0.2) is 40.6 Å². The van der Waals surface area contributed by atoms with Gasteiger partial charge in [0.1, 0.15) is 23.5 Å². The number of ether oxygens (including phenoxy) is 1. The number of carbonyl (C=O) groups is 2. The molecule has 4 atom stereocenters. The molecule has 1 N–H and O–H groups in total.